The first-order chi connectivity index (χ1) is 12.0. The normalized spacial score (nSPS) is 12.5. The van der Waals surface area contributed by atoms with Gasteiger partial charge in [0.15, 0.2) is 0 Å². The zero-order valence-corrected chi connectivity index (χ0v) is 15.5. The van der Waals surface area contributed by atoms with Crippen molar-refractivity contribution in [2.45, 2.75) is 44.0 Å². The summed E-state index contributed by atoms with van der Waals surface area (Å²) in [5, 5.41) is 7.65. The maximum atomic E-state index is 12.5. The van der Waals surface area contributed by atoms with E-state index < -0.39 is 0 Å². The summed E-state index contributed by atoms with van der Waals surface area (Å²) in [7, 11) is 0. The second-order valence-electron chi connectivity index (χ2n) is 6.11. The van der Waals surface area contributed by atoms with Crippen molar-refractivity contribution in [3.05, 3.63) is 42.2 Å². The zero-order chi connectivity index (χ0) is 18.0. The first-order valence-electron chi connectivity index (χ1n) is 8.20. The van der Waals surface area contributed by atoms with Gasteiger partial charge in [0.05, 0.1) is 28.2 Å². The fraction of sp³-hybridized carbons (Fsp3) is 0.333. The highest BCUT2D eigenvalue weighted by Crippen LogP contribution is 2.26. The fourth-order valence-corrected chi connectivity index (χ4v) is 3.33. The molecule has 7 heteroatoms. The lowest BCUT2D eigenvalue weighted by Gasteiger charge is -2.15. The van der Waals surface area contributed by atoms with Gasteiger partial charge in [-0.2, -0.15) is 5.10 Å². The van der Waals surface area contributed by atoms with Gasteiger partial charge >= 0.3 is 0 Å². The van der Waals surface area contributed by atoms with E-state index in [1.165, 1.54) is 11.8 Å². The monoisotopic (exact) mass is 355 g/mol. The van der Waals surface area contributed by atoms with Crippen molar-refractivity contribution in [3.8, 4) is 0 Å². The second kappa shape index (κ2) is 7.23. The van der Waals surface area contributed by atoms with E-state index in [2.05, 4.69) is 20.4 Å². The molecule has 0 spiro atoms. The number of rotatable bonds is 5. The summed E-state index contributed by atoms with van der Waals surface area (Å²) in [6.45, 7) is 7.83. The third-order valence-corrected chi connectivity index (χ3v) is 4.95. The minimum Gasteiger partial charge on any atom is -0.310 e. The van der Waals surface area contributed by atoms with Crippen molar-refractivity contribution < 1.29 is 4.79 Å². The summed E-state index contributed by atoms with van der Waals surface area (Å²) < 4.78 is 1.79. The first-order valence-corrected chi connectivity index (χ1v) is 9.08. The van der Waals surface area contributed by atoms with Crippen LogP contribution in [0.15, 0.2) is 41.6 Å². The van der Waals surface area contributed by atoms with Crippen molar-refractivity contribution in [3.63, 3.8) is 0 Å². The zero-order valence-electron chi connectivity index (χ0n) is 14.7. The third-order valence-electron chi connectivity index (χ3n) is 3.77. The summed E-state index contributed by atoms with van der Waals surface area (Å²) >= 11 is 1.41. The van der Waals surface area contributed by atoms with Gasteiger partial charge < -0.3 is 5.32 Å². The predicted octanol–water partition coefficient (Wildman–Crippen LogP) is 3.83. The molecule has 2 heterocycles. The molecule has 2 aromatic heterocycles. The Kier molecular flexibility index (Phi) is 5.03. The molecule has 1 unspecified atom stereocenters. The minimum absolute atomic E-state index is 0.0817. The van der Waals surface area contributed by atoms with E-state index >= 15 is 0 Å². The number of carbonyl (C=O) groups is 1. The highest BCUT2D eigenvalue weighted by atomic mass is 32.2. The van der Waals surface area contributed by atoms with Gasteiger partial charge in [-0.3, -0.25) is 4.79 Å². The van der Waals surface area contributed by atoms with Gasteiger partial charge in [-0.1, -0.05) is 23.9 Å². The number of fused-ring (bicyclic) bond motifs is 1. The van der Waals surface area contributed by atoms with Crippen LogP contribution in [0.1, 0.15) is 32.5 Å². The molecule has 0 aliphatic carbocycles. The maximum absolute atomic E-state index is 12.5. The number of aromatic nitrogens is 4. The molecule has 6 nitrogen and oxygen atoms in total. The van der Waals surface area contributed by atoms with Crippen LogP contribution in [0.4, 0.5) is 5.82 Å². The van der Waals surface area contributed by atoms with Gasteiger partial charge in [0.1, 0.15) is 10.8 Å². The van der Waals surface area contributed by atoms with Crippen molar-refractivity contribution in [2.75, 3.05) is 5.32 Å². The van der Waals surface area contributed by atoms with E-state index in [-0.39, 0.29) is 17.2 Å². The van der Waals surface area contributed by atoms with Gasteiger partial charge in [-0.05, 0) is 39.8 Å². The Hall–Kier alpha value is -2.41. The summed E-state index contributed by atoms with van der Waals surface area (Å²) in [6, 6.07) is 9.73. The molecular formula is C18H21N5OS. The molecule has 3 rings (SSSR count). The number of thioether (sulfide) groups is 1. The fourth-order valence-electron chi connectivity index (χ4n) is 2.46. The van der Waals surface area contributed by atoms with Crippen LogP contribution in [0.3, 0.4) is 0 Å². The molecule has 0 aliphatic rings. The number of hydrogen-bond acceptors (Lipinski definition) is 5. The van der Waals surface area contributed by atoms with Gasteiger partial charge in [-0.25, -0.2) is 14.6 Å². The molecule has 0 saturated heterocycles. The van der Waals surface area contributed by atoms with Crippen molar-refractivity contribution in [1.29, 1.82) is 0 Å². The van der Waals surface area contributed by atoms with Crippen LogP contribution in [-0.4, -0.2) is 30.9 Å². The van der Waals surface area contributed by atoms with Gasteiger partial charge in [0.25, 0.3) is 0 Å². The Balaban J connectivity index is 1.75. The summed E-state index contributed by atoms with van der Waals surface area (Å²) in [5.74, 6) is 0.621. The molecule has 25 heavy (non-hydrogen) atoms. The topological polar surface area (TPSA) is 72.7 Å². The van der Waals surface area contributed by atoms with Crippen molar-refractivity contribution in [1.82, 2.24) is 19.7 Å². The van der Waals surface area contributed by atoms with E-state index in [0.29, 0.717) is 5.82 Å². The highest BCUT2D eigenvalue weighted by Gasteiger charge is 2.19. The highest BCUT2D eigenvalue weighted by molar-refractivity contribution is 8.00. The van der Waals surface area contributed by atoms with Gasteiger partial charge in [0, 0.05) is 12.1 Å². The lowest BCUT2D eigenvalue weighted by atomic mass is 10.3. The SMILES string of the molecule is Cc1nc2ccccc2nc1SC(C)C(=O)Nc1ccnn1C(C)C. The Morgan fingerprint density at radius 1 is 1.12 bits per heavy atom. The summed E-state index contributed by atoms with van der Waals surface area (Å²) in [5.41, 5.74) is 2.53. The van der Waals surface area contributed by atoms with Crippen LogP contribution < -0.4 is 5.32 Å². The second-order valence-corrected chi connectivity index (χ2v) is 7.44. The number of hydrogen-bond donors (Lipinski definition) is 1. The number of benzene rings is 1. The lowest BCUT2D eigenvalue weighted by Crippen LogP contribution is -2.24. The Labute approximate surface area is 151 Å². The third kappa shape index (κ3) is 3.82. The van der Waals surface area contributed by atoms with Crippen LogP contribution >= 0.6 is 11.8 Å². The molecule has 0 bridgehead atoms. The molecule has 1 aromatic carbocycles. The number of carbonyl (C=O) groups excluding carboxylic acids is 1. The molecule has 1 atom stereocenters. The van der Waals surface area contributed by atoms with E-state index in [1.807, 2.05) is 52.0 Å². The average molecular weight is 355 g/mol. The molecule has 0 saturated carbocycles. The number of nitrogens with zero attached hydrogens (tertiary/aromatic N) is 4. The van der Waals surface area contributed by atoms with E-state index in [9.17, 15) is 4.79 Å². The molecule has 3 aromatic rings. The first kappa shape index (κ1) is 17.4. The molecule has 1 amide bonds. The number of amides is 1. The Bertz CT molecular complexity index is 905. The number of nitrogens with one attached hydrogen (secondary N) is 1. The molecule has 0 radical (unpaired) electrons. The van der Waals surface area contributed by atoms with Crippen LogP contribution in [0.25, 0.3) is 11.0 Å². The molecule has 0 fully saturated rings. The minimum atomic E-state index is -0.301. The van der Waals surface area contributed by atoms with Gasteiger partial charge in [0.2, 0.25) is 5.91 Å². The van der Waals surface area contributed by atoms with E-state index in [1.54, 1.807) is 16.9 Å². The Morgan fingerprint density at radius 2 is 1.80 bits per heavy atom. The van der Waals surface area contributed by atoms with Crippen molar-refractivity contribution >= 4 is 34.5 Å². The molecule has 1 N–H and O–H groups in total. The summed E-state index contributed by atoms with van der Waals surface area (Å²) in [6.07, 6.45) is 1.69. The maximum Gasteiger partial charge on any atom is 0.238 e. The van der Waals surface area contributed by atoms with Crippen LogP contribution in [0, 0.1) is 6.92 Å². The molecule has 0 aliphatic heterocycles. The van der Waals surface area contributed by atoms with Crippen molar-refractivity contribution in [2.24, 2.45) is 0 Å². The van der Waals surface area contributed by atoms with Crippen LogP contribution in [-0.2, 0) is 4.79 Å². The Morgan fingerprint density at radius 3 is 2.48 bits per heavy atom. The number of aryl methyl sites for hydroxylation is 1. The average Bonchev–Trinajstić information content (AvgIpc) is 3.03. The smallest absolute Gasteiger partial charge is 0.238 e. The molecule has 130 valence electrons. The predicted molar refractivity (Wildman–Crippen MR) is 101 cm³/mol. The van der Waals surface area contributed by atoms with Crippen LogP contribution in [0.2, 0.25) is 0 Å². The van der Waals surface area contributed by atoms with E-state index in [4.69, 9.17) is 0 Å². The van der Waals surface area contributed by atoms with Crippen LogP contribution in [0.5, 0.6) is 0 Å². The quantitative estimate of drug-likeness (QED) is 0.704. The van der Waals surface area contributed by atoms with E-state index in [0.717, 1.165) is 21.8 Å². The number of para-hydroxylation sites is 2. The lowest BCUT2D eigenvalue weighted by molar-refractivity contribution is -0.115. The summed E-state index contributed by atoms with van der Waals surface area (Å²) in [4.78, 5) is 21.8. The largest absolute Gasteiger partial charge is 0.310 e. The number of anilines is 1. The standard InChI is InChI=1S/C18H21N5OS/c1-11(2)23-16(9-10-19-23)22-17(24)13(4)25-18-12(3)20-14-7-5-6-8-15(14)21-18/h5-11,13H,1-4H3,(H,22,24). The van der Waals surface area contributed by atoms with Gasteiger partial charge in [-0.15, -0.1) is 0 Å². The molecular weight excluding hydrogens is 334 g/mol.